The van der Waals surface area contributed by atoms with Crippen LogP contribution in [0.1, 0.15) is 30.0 Å². The Labute approximate surface area is 167 Å². The monoisotopic (exact) mass is 379 g/mol. The second kappa shape index (κ2) is 10.1. The van der Waals surface area contributed by atoms with E-state index in [4.69, 9.17) is 16.3 Å². The summed E-state index contributed by atoms with van der Waals surface area (Å²) in [5.41, 5.74) is 3.68. The van der Waals surface area contributed by atoms with E-state index in [1.165, 1.54) is 11.1 Å². The van der Waals surface area contributed by atoms with Crippen LogP contribution in [0.15, 0.2) is 78.9 Å². The van der Waals surface area contributed by atoms with E-state index in [1.54, 1.807) is 0 Å². The van der Waals surface area contributed by atoms with Crippen LogP contribution < -0.4 is 10.1 Å². The number of ether oxygens (including phenoxy) is 1. The number of rotatable bonds is 9. The van der Waals surface area contributed by atoms with Crippen molar-refractivity contribution in [1.29, 1.82) is 0 Å². The molecule has 0 aliphatic heterocycles. The standard InChI is InChI=1S/C24H26ClNO/c1-19(12-13-20-8-4-2-5-9-20)26-17-22-14-15-24(23(25)16-22)27-18-21-10-6-3-7-11-21/h2-11,14-16,19,26H,12-13,17-18H2,1H3. The van der Waals surface area contributed by atoms with Crippen LogP contribution in [0, 0.1) is 0 Å². The number of nitrogens with one attached hydrogen (secondary N) is 1. The predicted octanol–water partition coefficient (Wildman–Crippen LogP) is 6.03. The van der Waals surface area contributed by atoms with Gasteiger partial charge in [0.15, 0.2) is 0 Å². The van der Waals surface area contributed by atoms with E-state index in [9.17, 15) is 0 Å². The van der Waals surface area contributed by atoms with Crippen LogP contribution in [0.25, 0.3) is 0 Å². The molecule has 3 heteroatoms. The zero-order valence-corrected chi connectivity index (χ0v) is 16.5. The van der Waals surface area contributed by atoms with Crippen LogP contribution in [-0.2, 0) is 19.6 Å². The molecule has 0 saturated heterocycles. The Morgan fingerprint density at radius 1 is 0.852 bits per heavy atom. The smallest absolute Gasteiger partial charge is 0.138 e. The first-order valence-electron chi connectivity index (χ1n) is 9.43. The molecule has 140 valence electrons. The summed E-state index contributed by atoms with van der Waals surface area (Å²) in [6, 6.07) is 27.2. The van der Waals surface area contributed by atoms with Crippen LogP contribution in [0.4, 0.5) is 0 Å². The van der Waals surface area contributed by atoms with E-state index in [0.29, 0.717) is 17.7 Å². The highest BCUT2D eigenvalue weighted by atomic mass is 35.5. The number of hydrogen-bond donors (Lipinski definition) is 1. The van der Waals surface area contributed by atoms with Gasteiger partial charge in [0.05, 0.1) is 5.02 Å². The van der Waals surface area contributed by atoms with Crippen molar-refractivity contribution in [3.05, 3.63) is 101 Å². The maximum atomic E-state index is 6.40. The Bertz CT molecular complexity index is 820. The molecule has 2 nitrogen and oxygen atoms in total. The van der Waals surface area contributed by atoms with Crippen LogP contribution in [0.5, 0.6) is 5.75 Å². The fraction of sp³-hybridized carbons (Fsp3) is 0.250. The minimum atomic E-state index is 0.443. The Morgan fingerprint density at radius 3 is 2.19 bits per heavy atom. The molecule has 0 amide bonds. The largest absolute Gasteiger partial charge is 0.487 e. The minimum absolute atomic E-state index is 0.443. The molecule has 27 heavy (non-hydrogen) atoms. The summed E-state index contributed by atoms with van der Waals surface area (Å²) in [4.78, 5) is 0. The van der Waals surface area contributed by atoms with Gasteiger partial charge in [-0.1, -0.05) is 78.3 Å². The lowest BCUT2D eigenvalue weighted by molar-refractivity contribution is 0.306. The number of benzene rings is 3. The Morgan fingerprint density at radius 2 is 1.52 bits per heavy atom. The zero-order chi connectivity index (χ0) is 18.9. The summed E-state index contributed by atoms with van der Waals surface area (Å²) >= 11 is 6.40. The normalized spacial score (nSPS) is 11.9. The van der Waals surface area contributed by atoms with Crippen molar-refractivity contribution in [1.82, 2.24) is 5.32 Å². The maximum absolute atomic E-state index is 6.40. The van der Waals surface area contributed by atoms with Crippen molar-refractivity contribution in [2.45, 2.75) is 39.0 Å². The molecule has 0 fully saturated rings. The molecule has 1 N–H and O–H groups in total. The Hall–Kier alpha value is -2.29. The molecule has 0 radical (unpaired) electrons. The first kappa shape index (κ1) is 19.5. The molecular formula is C24H26ClNO. The highest BCUT2D eigenvalue weighted by molar-refractivity contribution is 6.32. The van der Waals surface area contributed by atoms with E-state index in [2.05, 4.69) is 48.6 Å². The fourth-order valence-corrected chi connectivity index (χ4v) is 3.19. The van der Waals surface area contributed by atoms with Crippen molar-refractivity contribution in [3.8, 4) is 5.75 Å². The lowest BCUT2D eigenvalue weighted by Gasteiger charge is -2.15. The number of halogens is 1. The van der Waals surface area contributed by atoms with E-state index in [1.807, 2.05) is 42.5 Å². The van der Waals surface area contributed by atoms with Gasteiger partial charge in [-0.15, -0.1) is 0 Å². The quantitative estimate of drug-likeness (QED) is 0.490. The van der Waals surface area contributed by atoms with Gasteiger partial charge in [0.2, 0.25) is 0 Å². The summed E-state index contributed by atoms with van der Waals surface area (Å²) in [5.74, 6) is 0.724. The first-order chi connectivity index (χ1) is 13.2. The van der Waals surface area contributed by atoms with Crippen molar-refractivity contribution in [2.24, 2.45) is 0 Å². The second-order valence-electron chi connectivity index (χ2n) is 6.85. The molecule has 0 heterocycles. The van der Waals surface area contributed by atoms with E-state index in [-0.39, 0.29) is 0 Å². The lowest BCUT2D eigenvalue weighted by Crippen LogP contribution is -2.25. The summed E-state index contributed by atoms with van der Waals surface area (Å²) in [7, 11) is 0. The van der Waals surface area contributed by atoms with Gasteiger partial charge in [0.1, 0.15) is 12.4 Å². The Balaban J connectivity index is 1.45. The van der Waals surface area contributed by atoms with Crippen molar-refractivity contribution >= 4 is 11.6 Å². The fourth-order valence-electron chi connectivity index (χ4n) is 2.93. The zero-order valence-electron chi connectivity index (χ0n) is 15.7. The molecule has 3 aromatic carbocycles. The second-order valence-corrected chi connectivity index (χ2v) is 7.25. The van der Waals surface area contributed by atoms with Gasteiger partial charge in [-0.05, 0) is 48.6 Å². The molecule has 0 bridgehead atoms. The van der Waals surface area contributed by atoms with Crippen LogP contribution in [-0.4, -0.2) is 6.04 Å². The van der Waals surface area contributed by atoms with Crippen LogP contribution in [0.3, 0.4) is 0 Å². The maximum Gasteiger partial charge on any atom is 0.138 e. The highest BCUT2D eigenvalue weighted by Crippen LogP contribution is 2.26. The summed E-state index contributed by atoms with van der Waals surface area (Å²) in [6.45, 7) is 3.55. The third kappa shape index (κ3) is 6.42. The van der Waals surface area contributed by atoms with Crippen molar-refractivity contribution in [2.75, 3.05) is 0 Å². The third-order valence-corrected chi connectivity index (χ3v) is 4.89. The molecule has 3 aromatic rings. The summed E-state index contributed by atoms with van der Waals surface area (Å²) < 4.78 is 5.84. The minimum Gasteiger partial charge on any atom is -0.487 e. The van der Waals surface area contributed by atoms with Gasteiger partial charge in [-0.3, -0.25) is 0 Å². The van der Waals surface area contributed by atoms with Gasteiger partial charge in [-0.25, -0.2) is 0 Å². The third-order valence-electron chi connectivity index (χ3n) is 4.60. The van der Waals surface area contributed by atoms with Gasteiger partial charge >= 0.3 is 0 Å². The molecule has 0 aliphatic carbocycles. The molecule has 0 spiro atoms. The molecule has 3 rings (SSSR count). The molecular weight excluding hydrogens is 354 g/mol. The van der Waals surface area contributed by atoms with Gasteiger partial charge in [-0.2, -0.15) is 0 Å². The van der Waals surface area contributed by atoms with Crippen molar-refractivity contribution in [3.63, 3.8) is 0 Å². The lowest BCUT2D eigenvalue weighted by atomic mass is 10.1. The highest BCUT2D eigenvalue weighted by Gasteiger charge is 2.06. The molecule has 0 aromatic heterocycles. The predicted molar refractivity (Wildman–Crippen MR) is 113 cm³/mol. The molecule has 0 aliphatic rings. The number of aryl methyl sites for hydroxylation is 1. The van der Waals surface area contributed by atoms with Crippen LogP contribution >= 0.6 is 11.6 Å². The van der Waals surface area contributed by atoms with E-state index >= 15 is 0 Å². The number of hydrogen-bond acceptors (Lipinski definition) is 2. The summed E-state index contributed by atoms with van der Waals surface area (Å²) in [5, 5.41) is 4.23. The SMILES string of the molecule is CC(CCc1ccccc1)NCc1ccc(OCc2ccccc2)c(Cl)c1. The first-order valence-corrected chi connectivity index (χ1v) is 9.81. The van der Waals surface area contributed by atoms with E-state index < -0.39 is 0 Å². The van der Waals surface area contributed by atoms with Gasteiger partial charge < -0.3 is 10.1 Å². The Kier molecular flexibility index (Phi) is 7.32. The van der Waals surface area contributed by atoms with Crippen molar-refractivity contribution < 1.29 is 4.74 Å². The molecule has 0 saturated carbocycles. The van der Waals surface area contributed by atoms with Gasteiger partial charge in [0.25, 0.3) is 0 Å². The average Bonchev–Trinajstić information content (AvgIpc) is 2.71. The average molecular weight is 380 g/mol. The topological polar surface area (TPSA) is 21.3 Å². The van der Waals surface area contributed by atoms with E-state index in [0.717, 1.165) is 30.7 Å². The van der Waals surface area contributed by atoms with Gasteiger partial charge in [0, 0.05) is 12.6 Å². The molecule has 1 atom stereocenters. The molecule has 1 unspecified atom stereocenters. The summed E-state index contributed by atoms with van der Waals surface area (Å²) in [6.07, 6.45) is 2.19. The van der Waals surface area contributed by atoms with Crippen LogP contribution in [0.2, 0.25) is 5.02 Å².